The summed E-state index contributed by atoms with van der Waals surface area (Å²) in [5, 5.41) is 11.0. The first kappa shape index (κ1) is 19.0. The van der Waals surface area contributed by atoms with E-state index in [1.54, 1.807) is 6.92 Å². The fourth-order valence-corrected chi connectivity index (χ4v) is 3.24. The lowest BCUT2D eigenvalue weighted by atomic mass is 10.1. The maximum atomic E-state index is 13.3. The lowest BCUT2D eigenvalue weighted by Crippen LogP contribution is -2.23. The third kappa shape index (κ3) is 4.71. The number of hydrogen-bond donors (Lipinski definition) is 1. The number of nitrogens with zero attached hydrogens (tertiary/aromatic N) is 3. The van der Waals surface area contributed by atoms with Crippen LogP contribution in [0.25, 0.3) is 0 Å². The number of rotatable bonds is 6. The SMILES string of the molecule is C[C@@H](Sc1nnc(Cc2ccccc2)n1C)C(=O)Nc1ccc(F)c(F)c1. The maximum Gasteiger partial charge on any atom is 0.237 e. The van der Waals surface area contributed by atoms with E-state index in [1.165, 1.54) is 17.8 Å². The van der Waals surface area contributed by atoms with Crippen molar-refractivity contribution in [1.82, 2.24) is 14.8 Å². The van der Waals surface area contributed by atoms with Gasteiger partial charge in [-0.2, -0.15) is 0 Å². The predicted octanol–water partition coefficient (Wildman–Crippen LogP) is 3.80. The highest BCUT2D eigenvalue weighted by Gasteiger charge is 2.19. The summed E-state index contributed by atoms with van der Waals surface area (Å²) in [6.45, 7) is 1.71. The van der Waals surface area contributed by atoms with Crippen LogP contribution in [0, 0.1) is 11.6 Å². The topological polar surface area (TPSA) is 59.8 Å². The summed E-state index contributed by atoms with van der Waals surface area (Å²) in [6, 6.07) is 13.1. The number of benzene rings is 2. The molecule has 1 aromatic heterocycles. The van der Waals surface area contributed by atoms with E-state index in [4.69, 9.17) is 0 Å². The third-order valence-corrected chi connectivity index (χ3v) is 5.10. The lowest BCUT2D eigenvalue weighted by molar-refractivity contribution is -0.115. The zero-order valence-electron chi connectivity index (χ0n) is 14.8. The summed E-state index contributed by atoms with van der Waals surface area (Å²) < 4.78 is 28.1. The Morgan fingerprint density at radius 2 is 1.89 bits per heavy atom. The molecule has 27 heavy (non-hydrogen) atoms. The first-order valence-electron chi connectivity index (χ1n) is 8.29. The van der Waals surface area contributed by atoms with Crippen LogP contribution in [0.2, 0.25) is 0 Å². The number of thioether (sulfide) groups is 1. The molecular formula is C19H18F2N4OS. The van der Waals surface area contributed by atoms with Gasteiger partial charge in [-0.15, -0.1) is 10.2 Å². The van der Waals surface area contributed by atoms with Gasteiger partial charge >= 0.3 is 0 Å². The highest BCUT2D eigenvalue weighted by Crippen LogP contribution is 2.23. The minimum atomic E-state index is -1.01. The van der Waals surface area contributed by atoms with Crippen molar-refractivity contribution in [1.29, 1.82) is 0 Å². The third-order valence-electron chi connectivity index (χ3n) is 3.97. The van der Waals surface area contributed by atoms with Crippen LogP contribution in [0.5, 0.6) is 0 Å². The molecule has 1 amide bonds. The van der Waals surface area contributed by atoms with Crippen LogP contribution in [-0.4, -0.2) is 25.9 Å². The van der Waals surface area contributed by atoms with Crippen LogP contribution in [-0.2, 0) is 18.3 Å². The van der Waals surface area contributed by atoms with Gasteiger partial charge in [-0.1, -0.05) is 42.1 Å². The minimum absolute atomic E-state index is 0.203. The van der Waals surface area contributed by atoms with Gasteiger partial charge in [0, 0.05) is 25.2 Å². The number of carbonyl (C=O) groups excluding carboxylic acids is 1. The van der Waals surface area contributed by atoms with Crippen molar-refractivity contribution in [2.24, 2.45) is 7.05 Å². The van der Waals surface area contributed by atoms with E-state index < -0.39 is 16.9 Å². The molecule has 3 aromatic rings. The van der Waals surface area contributed by atoms with E-state index in [0.717, 1.165) is 23.5 Å². The Kier molecular flexibility index (Phi) is 5.85. The highest BCUT2D eigenvalue weighted by atomic mass is 32.2. The second-order valence-corrected chi connectivity index (χ2v) is 7.31. The number of hydrogen-bond acceptors (Lipinski definition) is 4. The first-order valence-corrected chi connectivity index (χ1v) is 9.17. The van der Waals surface area contributed by atoms with Gasteiger partial charge < -0.3 is 9.88 Å². The van der Waals surface area contributed by atoms with E-state index in [9.17, 15) is 13.6 Å². The zero-order valence-corrected chi connectivity index (χ0v) is 15.6. The smallest absolute Gasteiger partial charge is 0.237 e. The molecule has 0 aliphatic carbocycles. The van der Waals surface area contributed by atoms with E-state index >= 15 is 0 Å². The fraction of sp³-hybridized carbons (Fsp3) is 0.211. The molecule has 1 atom stereocenters. The van der Waals surface area contributed by atoms with Crippen molar-refractivity contribution in [3.05, 3.63) is 71.6 Å². The standard InChI is InChI=1S/C19H18F2N4OS/c1-12(18(26)22-14-8-9-15(20)16(21)11-14)27-19-24-23-17(25(19)2)10-13-6-4-3-5-7-13/h3-9,11-12H,10H2,1-2H3,(H,22,26)/t12-/m1/s1. The number of aromatic nitrogens is 3. The van der Waals surface area contributed by atoms with Crippen LogP contribution in [0.1, 0.15) is 18.3 Å². The second kappa shape index (κ2) is 8.30. The average Bonchev–Trinajstić information content (AvgIpc) is 2.99. The van der Waals surface area contributed by atoms with Crippen molar-refractivity contribution < 1.29 is 13.6 Å². The van der Waals surface area contributed by atoms with Crippen molar-refractivity contribution in [2.75, 3.05) is 5.32 Å². The Hall–Kier alpha value is -2.74. The fourth-order valence-electron chi connectivity index (χ4n) is 2.41. The summed E-state index contributed by atoms with van der Waals surface area (Å²) in [6.07, 6.45) is 0.639. The van der Waals surface area contributed by atoms with Crippen LogP contribution in [0.3, 0.4) is 0 Å². The van der Waals surface area contributed by atoms with Crippen LogP contribution < -0.4 is 5.32 Å². The molecule has 1 N–H and O–H groups in total. The molecule has 0 saturated heterocycles. The van der Waals surface area contributed by atoms with Gasteiger partial charge in [0.15, 0.2) is 16.8 Å². The number of amides is 1. The van der Waals surface area contributed by atoms with Crippen molar-refractivity contribution in [3.63, 3.8) is 0 Å². The van der Waals surface area contributed by atoms with Gasteiger partial charge in [0.05, 0.1) is 5.25 Å². The molecule has 0 bridgehead atoms. The normalized spacial score (nSPS) is 12.0. The molecule has 0 saturated carbocycles. The molecule has 0 unspecified atom stereocenters. The molecule has 5 nitrogen and oxygen atoms in total. The maximum absolute atomic E-state index is 13.3. The Morgan fingerprint density at radius 3 is 2.59 bits per heavy atom. The molecule has 8 heteroatoms. The van der Waals surface area contributed by atoms with Crippen LogP contribution in [0.15, 0.2) is 53.7 Å². The van der Waals surface area contributed by atoms with E-state index in [1.807, 2.05) is 41.9 Å². The van der Waals surface area contributed by atoms with E-state index in [2.05, 4.69) is 15.5 Å². The monoisotopic (exact) mass is 388 g/mol. The van der Waals surface area contributed by atoms with Gasteiger partial charge in [-0.25, -0.2) is 8.78 Å². The van der Waals surface area contributed by atoms with Gasteiger partial charge in [-0.05, 0) is 24.6 Å². The quantitative estimate of drug-likeness (QED) is 0.653. The van der Waals surface area contributed by atoms with Crippen molar-refractivity contribution in [3.8, 4) is 0 Å². The molecule has 0 aliphatic rings. The number of halogens is 2. The molecule has 0 aliphatic heterocycles. The summed E-state index contributed by atoms with van der Waals surface area (Å²) in [7, 11) is 1.85. The number of nitrogens with one attached hydrogen (secondary N) is 1. The summed E-state index contributed by atoms with van der Waals surface area (Å²) in [4.78, 5) is 12.3. The van der Waals surface area contributed by atoms with Crippen LogP contribution in [0.4, 0.5) is 14.5 Å². The summed E-state index contributed by atoms with van der Waals surface area (Å²) in [5.41, 5.74) is 1.32. The van der Waals surface area contributed by atoms with Crippen LogP contribution >= 0.6 is 11.8 Å². The number of carbonyl (C=O) groups is 1. The van der Waals surface area contributed by atoms with E-state index in [-0.39, 0.29) is 11.6 Å². The van der Waals surface area contributed by atoms with Gasteiger partial charge in [0.1, 0.15) is 5.82 Å². The zero-order chi connectivity index (χ0) is 19.4. The molecule has 0 fully saturated rings. The molecule has 3 rings (SSSR count). The average molecular weight is 388 g/mol. The van der Waals surface area contributed by atoms with Crippen molar-refractivity contribution >= 4 is 23.4 Å². The molecule has 0 radical (unpaired) electrons. The molecule has 140 valence electrons. The lowest BCUT2D eigenvalue weighted by Gasteiger charge is -2.12. The summed E-state index contributed by atoms with van der Waals surface area (Å²) >= 11 is 1.25. The highest BCUT2D eigenvalue weighted by molar-refractivity contribution is 8.00. The minimum Gasteiger partial charge on any atom is -0.325 e. The molecule has 2 aromatic carbocycles. The van der Waals surface area contributed by atoms with Gasteiger partial charge in [-0.3, -0.25) is 4.79 Å². The first-order chi connectivity index (χ1) is 12.9. The molecular weight excluding hydrogens is 370 g/mol. The van der Waals surface area contributed by atoms with Gasteiger partial charge in [0.2, 0.25) is 5.91 Å². The Bertz CT molecular complexity index is 946. The Morgan fingerprint density at radius 1 is 1.15 bits per heavy atom. The Balaban J connectivity index is 1.64. The van der Waals surface area contributed by atoms with Crippen molar-refractivity contribution in [2.45, 2.75) is 23.8 Å². The summed E-state index contributed by atoms with van der Waals surface area (Å²) in [5.74, 6) is -1.51. The van der Waals surface area contributed by atoms with E-state index in [0.29, 0.717) is 11.6 Å². The molecule has 1 heterocycles. The number of anilines is 1. The molecule has 0 spiro atoms. The predicted molar refractivity (Wildman–Crippen MR) is 101 cm³/mol. The largest absolute Gasteiger partial charge is 0.325 e. The Labute approximate surface area is 159 Å². The second-order valence-electron chi connectivity index (χ2n) is 6.00. The van der Waals surface area contributed by atoms with Gasteiger partial charge in [0.25, 0.3) is 0 Å².